The molecular formula is C22H19N3O4. The maximum Gasteiger partial charge on any atom is 0.326 e. The molecule has 0 bridgehead atoms. The second kappa shape index (κ2) is 7.35. The number of nitrogens with zero attached hydrogens (tertiary/aromatic N) is 3. The first-order valence-corrected chi connectivity index (χ1v) is 9.18. The minimum absolute atomic E-state index is 0.0203. The average Bonchev–Trinajstić information content (AvgIpc) is 3.15. The second-order valence-electron chi connectivity index (χ2n) is 6.80. The molecule has 1 aliphatic rings. The Labute approximate surface area is 167 Å². The SMILES string of the molecule is Cc1nn(-c2ccccc2)c(C)c1COC(=O)CN1C(=O)c2ccccc2C1=O. The lowest BCUT2D eigenvalue weighted by Gasteiger charge is -2.13. The van der Waals surface area contributed by atoms with Crippen molar-refractivity contribution in [2.45, 2.75) is 20.5 Å². The lowest BCUT2D eigenvalue weighted by molar-refractivity contribution is -0.145. The summed E-state index contributed by atoms with van der Waals surface area (Å²) in [4.78, 5) is 38.0. The van der Waals surface area contributed by atoms with Gasteiger partial charge in [0.1, 0.15) is 13.2 Å². The molecule has 0 spiro atoms. The molecule has 2 heterocycles. The molecule has 0 atom stereocenters. The fourth-order valence-electron chi connectivity index (χ4n) is 3.41. The molecule has 0 saturated heterocycles. The molecule has 2 aromatic carbocycles. The van der Waals surface area contributed by atoms with E-state index in [0.29, 0.717) is 11.1 Å². The zero-order valence-electron chi connectivity index (χ0n) is 16.1. The number of carbonyl (C=O) groups excluding carboxylic acids is 3. The Balaban J connectivity index is 1.44. The zero-order valence-corrected chi connectivity index (χ0v) is 16.1. The minimum atomic E-state index is -0.647. The lowest BCUT2D eigenvalue weighted by atomic mass is 10.1. The van der Waals surface area contributed by atoms with Crippen LogP contribution in [0.1, 0.15) is 37.7 Å². The summed E-state index contributed by atoms with van der Waals surface area (Å²) in [6, 6.07) is 16.2. The number of hydrogen-bond acceptors (Lipinski definition) is 5. The number of benzene rings is 2. The Bertz CT molecular complexity index is 1080. The predicted octanol–water partition coefficient (Wildman–Crippen LogP) is 2.83. The van der Waals surface area contributed by atoms with E-state index in [4.69, 9.17) is 4.74 Å². The highest BCUT2D eigenvalue weighted by atomic mass is 16.5. The van der Waals surface area contributed by atoms with Crippen molar-refractivity contribution in [1.82, 2.24) is 14.7 Å². The van der Waals surface area contributed by atoms with E-state index in [-0.39, 0.29) is 6.61 Å². The van der Waals surface area contributed by atoms with Gasteiger partial charge in [0.15, 0.2) is 0 Å². The van der Waals surface area contributed by atoms with Crippen LogP contribution in [0.25, 0.3) is 5.69 Å². The van der Waals surface area contributed by atoms with E-state index in [0.717, 1.165) is 27.5 Å². The van der Waals surface area contributed by atoms with Crippen molar-refractivity contribution in [2.24, 2.45) is 0 Å². The van der Waals surface area contributed by atoms with Gasteiger partial charge >= 0.3 is 5.97 Å². The van der Waals surface area contributed by atoms with E-state index in [1.807, 2.05) is 44.2 Å². The summed E-state index contributed by atoms with van der Waals surface area (Å²) >= 11 is 0. The third-order valence-corrected chi connectivity index (χ3v) is 4.98. The Morgan fingerprint density at radius 1 is 0.931 bits per heavy atom. The van der Waals surface area contributed by atoms with Crippen LogP contribution in [0.2, 0.25) is 0 Å². The van der Waals surface area contributed by atoms with Gasteiger partial charge in [-0.25, -0.2) is 4.68 Å². The zero-order chi connectivity index (χ0) is 20.5. The molecule has 0 fully saturated rings. The molecule has 3 aromatic rings. The molecule has 1 aromatic heterocycles. The number of aromatic nitrogens is 2. The fourth-order valence-corrected chi connectivity index (χ4v) is 3.41. The van der Waals surface area contributed by atoms with E-state index in [1.165, 1.54) is 0 Å². The number of hydrogen-bond donors (Lipinski definition) is 0. The summed E-state index contributed by atoms with van der Waals surface area (Å²) in [6.45, 7) is 3.35. The van der Waals surface area contributed by atoms with Gasteiger partial charge in [-0.1, -0.05) is 30.3 Å². The molecule has 0 saturated carbocycles. The van der Waals surface area contributed by atoms with E-state index >= 15 is 0 Å². The predicted molar refractivity (Wildman–Crippen MR) is 105 cm³/mol. The van der Waals surface area contributed by atoms with Crippen molar-refractivity contribution in [3.05, 3.63) is 82.7 Å². The third kappa shape index (κ3) is 3.31. The molecule has 2 amide bonds. The molecule has 0 aliphatic carbocycles. The lowest BCUT2D eigenvalue weighted by Crippen LogP contribution is -2.35. The van der Waals surface area contributed by atoms with Crippen LogP contribution in [0.15, 0.2) is 54.6 Å². The molecule has 4 rings (SSSR count). The first-order chi connectivity index (χ1) is 14.0. The summed E-state index contributed by atoms with van der Waals surface area (Å²) in [7, 11) is 0. The van der Waals surface area contributed by atoms with Gasteiger partial charge in [-0.3, -0.25) is 19.3 Å². The molecule has 29 heavy (non-hydrogen) atoms. The molecule has 7 heteroatoms. The van der Waals surface area contributed by atoms with Crippen molar-refractivity contribution in [1.29, 1.82) is 0 Å². The van der Waals surface area contributed by atoms with Gasteiger partial charge < -0.3 is 4.74 Å². The van der Waals surface area contributed by atoms with Crippen LogP contribution in [0.4, 0.5) is 0 Å². The van der Waals surface area contributed by atoms with E-state index in [1.54, 1.807) is 28.9 Å². The maximum atomic E-state index is 12.4. The topological polar surface area (TPSA) is 81.5 Å². The van der Waals surface area contributed by atoms with Crippen LogP contribution >= 0.6 is 0 Å². The van der Waals surface area contributed by atoms with Crippen molar-refractivity contribution in [3.8, 4) is 5.69 Å². The average molecular weight is 389 g/mol. The Morgan fingerprint density at radius 3 is 2.14 bits per heavy atom. The summed E-state index contributed by atoms with van der Waals surface area (Å²) in [5.74, 6) is -1.61. The number of aryl methyl sites for hydroxylation is 1. The second-order valence-corrected chi connectivity index (χ2v) is 6.80. The maximum absolute atomic E-state index is 12.4. The van der Waals surface area contributed by atoms with Gasteiger partial charge in [0.2, 0.25) is 0 Å². The Hall–Kier alpha value is -3.74. The summed E-state index contributed by atoms with van der Waals surface area (Å²) in [5, 5.41) is 4.52. The van der Waals surface area contributed by atoms with Gasteiger partial charge in [0.25, 0.3) is 11.8 Å². The summed E-state index contributed by atoms with van der Waals surface area (Å²) in [5.41, 5.74) is 3.94. The largest absolute Gasteiger partial charge is 0.459 e. The van der Waals surface area contributed by atoms with Crippen molar-refractivity contribution in [3.63, 3.8) is 0 Å². The highest BCUT2D eigenvalue weighted by Gasteiger charge is 2.36. The quantitative estimate of drug-likeness (QED) is 0.495. The number of amides is 2. The normalized spacial score (nSPS) is 13.0. The van der Waals surface area contributed by atoms with Crippen LogP contribution in [-0.2, 0) is 16.1 Å². The van der Waals surface area contributed by atoms with Gasteiger partial charge in [-0.2, -0.15) is 5.10 Å². The number of rotatable bonds is 5. The Morgan fingerprint density at radius 2 is 1.52 bits per heavy atom. The number of para-hydroxylation sites is 1. The molecule has 0 N–H and O–H groups in total. The minimum Gasteiger partial charge on any atom is -0.459 e. The number of carbonyl (C=O) groups is 3. The van der Waals surface area contributed by atoms with Crippen LogP contribution in [0.5, 0.6) is 0 Å². The standard InChI is InChI=1S/C22H19N3O4/c1-14-19(15(2)25(23-14)16-8-4-3-5-9-16)13-29-20(26)12-24-21(27)17-10-6-7-11-18(17)22(24)28/h3-11H,12-13H2,1-2H3. The third-order valence-electron chi connectivity index (χ3n) is 4.98. The van der Waals surface area contributed by atoms with Crippen molar-refractivity contribution < 1.29 is 19.1 Å². The fraction of sp³-hybridized carbons (Fsp3) is 0.182. The summed E-state index contributed by atoms with van der Waals surface area (Å²) < 4.78 is 7.15. The Kier molecular flexibility index (Phi) is 4.72. The first kappa shape index (κ1) is 18.6. The van der Waals surface area contributed by atoms with Gasteiger partial charge in [-0.05, 0) is 38.1 Å². The van der Waals surface area contributed by atoms with E-state index in [2.05, 4.69) is 5.10 Å². The smallest absolute Gasteiger partial charge is 0.326 e. The monoisotopic (exact) mass is 389 g/mol. The van der Waals surface area contributed by atoms with Crippen molar-refractivity contribution >= 4 is 17.8 Å². The van der Waals surface area contributed by atoms with Crippen LogP contribution in [0.3, 0.4) is 0 Å². The van der Waals surface area contributed by atoms with Gasteiger partial charge in [0, 0.05) is 11.3 Å². The molecule has 0 radical (unpaired) electrons. The number of fused-ring (bicyclic) bond motifs is 1. The molecule has 146 valence electrons. The van der Waals surface area contributed by atoms with Crippen LogP contribution in [0, 0.1) is 13.8 Å². The van der Waals surface area contributed by atoms with Crippen molar-refractivity contribution in [2.75, 3.05) is 6.54 Å². The molecule has 1 aliphatic heterocycles. The molecule has 0 unspecified atom stereocenters. The van der Waals surface area contributed by atoms with E-state index in [9.17, 15) is 14.4 Å². The molecule has 7 nitrogen and oxygen atoms in total. The number of imide groups is 1. The first-order valence-electron chi connectivity index (χ1n) is 9.18. The number of esters is 1. The van der Waals surface area contributed by atoms with Crippen LogP contribution < -0.4 is 0 Å². The molecular weight excluding hydrogens is 370 g/mol. The number of ether oxygens (including phenoxy) is 1. The van der Waals surface area contributed by atoms with E-state index < -0.39 is 24.3 Å². The van der Waals surface area contributed by atoms with Gasteiger partial charge in [-0.15, -0.1) is 0 Å². The highest BCUT2D eigenvalue weighted by Crippen LogP contribution is 2.23. The van der Waals surface area contributed by atoms with Crippen LogP contribution in [-0.4, -0.2) is 39.0 Å². The highest BCUT2D eigenvalue weighted by molar-refractivity contribution is 6.22. The van der Waals surface area contributed by atoms with Gasteiger partial charge in [0.05, 0.1) is 22.5 Å². The summed E-state index contributed by atoms with van der Waals surface area (Å²) in [6.07, 6.45) is 0.